The summed E-state index contributed by atoms with van der Waals surface area (Å²) in [6.07, 6.45) is 0. The first-order valence-corrected chi connectivity index (χ1v) is 7.90. The van der Waals surface area contributed by atoms with E-state index in [0.717, 1.165) is 28.6 Å². The van der Waals surface area contributed by atoms with Gasteiger partial charge in [-0.3, -0.25) is 0 Å². The number of nitrogens with one attached hydrogen (secondary N) is 1. The van der Waals surface area contributed by atoms with Crippen LogP contribution in [-0.4, -0.2) is 25.7 Å². The van der Waals surface area contributed by atoms with Crippen LogP contribution in [0.2, 0.25) is 0 Å². The largest absolute Gasteiger partial charge is 0.367 e. The van der Waals surface area contributed by atoms with E-state index in [1.807, 2.05) is 0 Å². The summed E-state index contributed by atoms with van der Waals surface area (Å²) in [6.45, 7) is 10.0. The number of nitrogens with zero attached hydrogens (tertiary/aromatic N) is 1. The summed E-state index contributed by atoms with van der Waals surface area (Å²) in [6, 6.07) is 6.79. The first-order chi connectivity index (χ1) is 8.39. The number of piperazine rings is 1. The lowest BCUT2D eigenvalue weighted by atomic mass is 9.85. The molecule has 0 radical (unpaired) electrons. The van der Waals surface area contributed by atoms with Crippen molar-refractivity contribution >= 4 is 37.5 Å². The minimum absolute atomic E-state index is 0.284. The molecule has 1 aliphatic rings. The van der Waals surface area contributed by atoms with Crippen molar-refractivity contribution in [2.24, 2.45) is 5.41 Å². The fraction of sp³-hybridized carbons (Fsp3) is 0.571. The van der Waals surface area contributed by atoms with E-state index in [4.69, 9.17) is 0 Å². The first-order valence-electron chi connectivity index (χ1n) is 6.32. The summed E-state index contributed by atoms with van der Waals surface area (Å²) in [5.74, 6) is 0. The van der Waals surface area contributed by atoms with E-state index >= 15 is 0 Å². The molecule has 1 aliphatic heterocycles. The van der Waals surface area contributed by atoms with E-state index in [0.29, 0.717) is 6.04 Å². The number of halogens is 2. The van der Waals surface area contributed by atoms with Crippen LogP contribution < -0.4 is 10.2 Å². The van der Waals surface area contributed by atoms with E-state index in [-0.39, 0.29) is 5.41 Å². The van der Waals surface area contributed by atoms with Crippen molar-refractivity contribution in [2.75, 3.05) is 24.5 Å². The van der Waals surface area contributed by atoms with E-state index in [2.05, 4.69) is 81.0 Å². The lowest BCUT2D eigenvalue weighted by molar-refractivity contribution is 0.254. The smallest absolute Gasteiger partial charge is 0.0655 e. The van der Waals surface area contributed by atoms with Gasteiger partial charge in [0.2, 0.25) is 0 Å². The predicted molar refractivity (Wildman–Crippen MR) is 85.3 cm³/mol. The fourth-order valence-corrected chi connectivity index (χ4v) is 3.82. The number of benzene rings is 1. The summed E-state index contributed by atoms with van der Waals surface area (Å²) in [4.78, 5) is 2.46. The average Bonchev–Trinajstić information content (AvgIpc) is 2.28. The van der Waals surface area contributed by atoms with Gasteiger partial charge in [0.15, 0.2) is 0 Å². The van der Waals surface area contributed by atoms with E-state index < -0.39 is 0 Å². The Kier molecular flexibility index (Phi) is 4.40. The molecule has 0 aliphatic carbocycles. The van der Waals surface area contributed by atoms with E-state index in [1.165, 1.54) is 5.69 Å². The zero-order valence-corrected chi connectivity index (χ0v) is 14.3. The van der Waals surface area contributed by atoms with Crippen molar-refractivity contribution in [1.29, 1.82) is 0 Å². The summed E-state index contributed by atoms with van der Waals surface area (Å²) in [7, 11) is 0. The third-order valence-corrected chi connectivity index (χ3v) is 4.75. The molecule has 4 heteroatoms. The first kappa shape index (κ1) is 14.4. The minimum Gasteiger partial charge on any atom is -0.367 e. The van der Waals surface area contributed by atoms with Gasteiger partial charge >= 0.3 is 0 Å². The Morgan fingerprint density at radius 2 is 1.83 bits per heavy atom. The molecule has 1 atom stereocenters. The monoisotopic (exact) mass is 374 g/mol. The highest BCUT2D eigenvalue weighted by Crippen LogP contribution is 2.35. The molecule has 1 aromatic carbocycles. The van der Waals surface area contributed by atoms with Crippen LogP contribution in [0.4, 0.5) is 5.69 Å². The summed E-state index contributed by atoms with van der Waals surface area (Å²) in [5, 5.41) is 3.63. The molecule has 0 amide bonds. The second-order valence-corrected chi connectivity index (χ2v) is 7.60. The van der Waals surface area contributed by atoms with Crippen molar-refractivity contribution in [2.45, 2.75) is 26.8 Å². The van der Waals surface area contributed by atoms with Crippen molar-refractivity contribution in [3.05, 3.63) is 27.1 Å². The molecule has 18 heavy (non-hydrogen) atoms. The number of hydrogen-bond donors (Lipinski definition) is 1. The minimum atomic E-state index is 0.284. The molecule has 0 aromatic heterocycles. The SMILES string of the molecule is CC(C)(C)C1CN(c2c(Br)cccc2Br)CCN1. The quantitative estimate of drug-likeness (QED) is 0.796. The van der Waals surface area contributed by atoms with Crippen LogP contribution in [-0.2, 0) is 0 Å². The summed E-state index contributed by atoms with van der Waals surface area (Å²) in [5.41, 5.74) is 1.56. The number of rotatable bonds is 1. The maximum Gasteiger partial charge on any atom is 0.0655 e. The number of para-hydroxylation sites is 1. The fourth-order valence-electron chi connectivity index (χ4n) is 2.32. The van der Waals surface area contributed by atoms with Crippen LogP contribution in [0.15, 0.2) is 27.1 Å². The van der Waals surface area contributed by atoms with Gasteiger partial charge in [-0.15, -0.1) is 0 Å². The lowest BCUT2D eigenvalue weighted by Gasteiger charge is -2.42. The topological polar surface area (TPSA) is 15.3 Å². The van der Waals surface area contributed by atoms with Crippen molar-refractivity contribution in [3.63, 3.8) is 0 Å². The molecule has 0 saturated carbocycles. The molecule has 1 N–H and O–H groups in total. The second-order valence-electron chi connectivity index (χ2n) is 5.89. The van der Waals surface area contributed by atoms with Crippen LogP contribution in [0.5, 0.6) is 0 Å². The van der Waals surface area contributed by atoms with Crippen molar-refractivity contribution < 1.29 is 0 Å². The van der Waals surface area contributed by atoms with Gasteiger partial charge in [-0.05, 0) is 49.4 Å². The average molecular weight is 376 g/mol. The van der Waals surface area contributed by atoms with Gasteiger partial charge in [0.1, 0.15) is 0 Å². The highest BCUT2D eigenvalue weighted by Gasteiger charge is 2.30. The Morgan fingerprint density at radius 3 is 2.39 bits per heavy atom. The molecule has 1 heterocycles. The van der Waals surface area contributed by atoms with Gasteiger partial charge in [-0.25, -0.2) is 0 Å². The third kappa shape index (κ3) is 3.09. The highest BCUT2D eigenvalue weighted by atomic mass is 79.9. The molecule has 1 saturated heterocycles. The standard InChI is InChI=1S/C14H20Br2N2/c1-14(2,3)12-9-18(8-7-17-12)13-10(15)5-4-6-11(13)16/h4-6,12,17H,7-9H2,1-3H3. The third-order valence-electron chi connectivity index (χ3n) is 3.47. The lowest BCUT2D eigenvalue weighted by Crippen LogP contribution is -2.56. The highest BCUT2D eigenvalue weighted by molar-refractivity contribution is 9.11. The van der Waals surface area contributed by atoms with Gasteiger partial charge in [-0.2, -0.15) is 0 Å². The van der Waals surface area contributed by atoms with Gasteiger partial charge in [0, 0.05) is 34.6 Å². The van der Waals surface area contributed by atoms with Gasteiger partial charge in [0.25, 0.3) is 0 Å². The molecular formula is C14H20Br2N2. The molecule has 1 fully saturated rings. The Hall–Kier alpha value is -0.0600. The van der Waals surface area contributed by atoms with Gasteiger partial charge in [0.05, 0.1) is 5.69 Å². The van der Waals surface area contributed by atoms with Crippen LogP contribution in [0.3, 0.4) is 0 Å². The van der Waals surface area contributed by atoms with Crippen molar-refractivity contribution in [3.8, 4) is 0 Å². The second kappa shape index (κ2) is 5.51. The zero-order chi connectivity index (χ0) is 13.3. The maximum atomic E-state index is 3.66. The van der Waals surface area contributed by atoms with Gasteiger partial charge < -0.3 is 10.2 Å². The van der Waals surface area contributed by atoms with E-state index in [1.54, 1.807) is 0 Å². The maximum absolute atomic E-state index is 3.66. The van der Waals surface area contributed by atoms with Crippen LogP contribution in [0.1, 0.15) is 20.8 Å². The Balaban J connectivity index is 2.24. The van der Waals surface area contributed by atoms with Crippen LogP contribution >= 0.6 is 31.9 Å². The summed E-state index contributed by atoms with van der Waals surface area (Å²) >= 11 is 7.32. The van der Waals surface area contributed by atoms with Crippen molar-refractivity contribution in [1.82, 2.24) is 5.32 Å². The molecule has 0 spiro atoms. The van der Waals surface area contributed by atoms with Crippen LogP contribution in [0.25, 0.3) is 0 Å². The molecule has 1 aromatic rings. The molecular weight excluding hydrogens is 356 g/mol. The number of hydrogen-bond acceptors (Lipinski definition) is 2. The molecule has 1 unspecified atom stereocenters. The number of anilines is 1. The van der Waals surface area contributed by atoms with E-state index in [9.17, 15) is 0 Å². The zero-order valence-electron chi connectivity index (χ0n) is 11.1. The Morgan fingerprint density at radius 1 is 1.22 bits per heavy atom. The molecule has 100 valence electrons. The Bertz CT molecular complexity index is 406. The normalized spacial score (nSPS) is 21.2. The van der Waals surface area contributed by atoms with Crippen LogP contribution in [0, 0.1) is 5.41 Å². The molecule has 0 bridgehead atoms. The Labute approximate surface area is 126 Å². The predicted octanol–water partition coefficient (Wildman–Crippen LogP) is 4.04. The molecule has 2 rings (SSSR count). The summed E-state index contributed by atoms with van der Waals surface area (Å²) < 4.78 is 2.32. The van der Waals surface area contributed by atoms with Gasteiger partial charge in [-0.1, -0.05) is 26.8 Å². The molecule has 2 nitrogen and oxygen atoms in total.